The van der Waals surface area contributed by atoms with Crippen LogP contribution in [0.1, 0.15) is 5.56 Å². The Morgan fingerprint density at radius 1 is 1.12 bits per heavy atom. The molecule has 1 aliphatic rings. The van der Waals surface area contributed by atoms with Crippen LogP contribution in [-0.2, 0) is 4.74 Å². The molecular weight excluding hydrogens is 348 g/mol. The molecule has 2 aromatic rings. The van der Waals surface area contributed by atoms with Crippen molar-refractivity contribution in [2.24, 2.45) is 0 Å². The van der Waals surface area contributed by atoms with Gasteiger partial charge in [-0.2, -0.15) is 0 Å². The van der Waals surface area contributed by atoms with Crippen LogP contribution in [0, 0.1) is 6.92 Å². The summed E-state index contributed by atoms with van der Waals surface area (Å²) in [6.07, 6.45) is -7.17. The average Bonchev–Trinajstić information content (AvgIpc) is 2.63. The van der Waals surface area contributed by atoms with Crippen LogP contribution in [0.5, 0.6) is 11.5 Å². The maximum absolute atomic E-state index is 11.8. The van der Waals surface area contributed by atoms with Crippen LogP contribution in [0.15, 0.2) is 27.4 Å². The number of benzene rings is 1. The number of methoxy groups -OCH3 is 1. The first-order valence-corrected chi connectivity index (χ1v) is 7.96. The largest absolute Gasteiger partial charge is 0.496 e. The van der Waals surface area contributed by atoms with Gasteiger partial charge in [0, 0.05) is 0 Å². The number of fused-ring (bicyclic) bond motifs is 1. The fourth-order valence-electron chi connectivity index (χ4n) is 2.92. The molecule has 3 rings (SSSR count). The predicted molar refractivity (Wildman–Crippen MR) is 88.2 cm³/mol. The van der Waals surface area contributed by atoms with E-state index in [1.54, 1.807) is 13.0 Å². The summed E-state index contributed by atoms with van der Waals surface area (Å²) in [7, 11) is 1.42. The van der Waals surface area contributed by atoms with E-state index < -0.39 is 42.9 Å². The molecular formula is C17H20O9. The topological polar surface area (TPSA) is 139 Å². The third-order valence-electron chi connectivity index (χ3n) is 4.34. The molecule has 9 nitrogen and oxygen atoms in total. The van der Waals surface area contributed by atoms with Gasteiger partial charge in [-0.15, -0.1) is 0 Å². The van der Waals surface area contributed by atoms with Gasteiger partial charge < -0.3 is 39.1 Å². The number of rotatable bonds is 4. The molecule has 26 heavy (non-hydrogen) atoms. The second-order valence-corrected chi connectivity index (χ2v) is 6.03. The van der Waals surface area contributed by atoms with E-state index in [-0.39, 0.29) is 11.3 Å². The third kappa shape index (κ3) is 3.15. The molecule has 0 bridgehead atoms. The van der Waals surface area contributed by atoms with Crippen LogP contribution in [0.2, 0.25) is 0 Å². The number of ether oxygens (including phenoxy) is 3. The Morgan fingerprint density at radius 3 is 2.50 bits per heavy atom. The van der Waals surface area contributed by atoms with Gasteiger partial charge in [0.05, 0.1) is 25.2 Å². The van der Waals surface area contributed by atoms with E-state index in [0.717, 1.165) is 5.56 Å². The molecule has 9 heteroatoms. The van der Waals surface area contributed by atoms with Crippen molar-refractivity contribution in [3.63, 3.8) is 0 Å². The van der Waals surface area contributed by atoms with Crippen molar-refractivity contribution >= 4 is 11.0 Å². The number of aliphatic hydroxyl groups excluding tert-OH is 4. The zero-order valence-electron chi connectivity index (χ0n) is 14.2. The summed E-state index contributed by atoms with van der Waals surface area (Å²) >= 11 is 0. The van der Waals surface area contributed by atoms with Gasteiger partial charge in [0.25, 0.3) is 0 Å². The van der Waals surface area contributed by atoms with Crippen molar-refractivity contribution < 1.29 is 39.1 Å². The van der Waals surface area contributed by atoms with Crippen molar-refractivity contribution in [3.8, 4) is 11.5 Å². The maximum Gasteiger partial charge on any atom is 0.340 e. The molecule has 0 spiro atoms. The molecule has 1 saturated heterocycles. The van der Waals surface area contributed by atoms with Gasteiger partial charge in [0.1, 0.15) is 30.2 Å². The van der Waals surface area contributed by atoms with Gasteiger partial charge in [0.15, 0.2) is 11.3 Å². The van der Waals surface area contributed by atoms with Crippen molar-refractivity contribution in [1.29, 1.82) is 0 Å². The predicted octanol–water partition coefficient (Wildman–Crippen LogP) is -0.711. The molecule has 0 radical (unpaired) electrons. The molecule has 5 atom stereocenters. The highest BCUT2D eigenvalue weighted by Gasteiger charge is 2.45. The maximum atomic E-state index is 11.8. The molecule has 142 valence electrons. The molecule has 5 unspecified atom stereocenters. The Morgan fingerprint density at radius 2 is 1.85 bits per heavy atom. The van der Waals surface area contributed by atoms with E-state index in [2.05, 4.69) is 0 Å². The van der Waals surface area contributed by atoms with Gasteiger partial charge in [-0.1, -0.05) is 6.07 Å². The SMILES string of the molecule is COc1cc(=O)oc2c(OC3OC(CO)C(O)C(O)C3O)ccc(C)c12. The Hall–Kier alpha value is -2.17. The summed E-state index contributed by atoms with van der Waals surface area (Å²) < 4.78 is 21.4. The lowest BCUT2D eigenvalue weighted by atomic mass is 9.99. The number of hydrogen-bond acceptors (Lipinski definition) is 9. The fourth-order valence-corrected chi connectivity index (χ4v) is 2.92. The average molecular weight is 368 g/mol. The first kappa shape index (κ1) is 18.6. The highest BCUT2D eigenvalue weighted by molar-refractivity contribution is 5.90. The van der Waals surface area contributed by atoms with Crippen LogP contribution in [0.25, 0.3) is 11.0 Å². The van der Waals surface area contributed by atoms with Crippen molar-refractivity contribution in [3.05, 3.63) is 34.2 Å². The molecule has 4 N–H and O–H groups in total. The van der Waals surface area contributed by atoms with E-state index >= 15 is 0 Å². The Balaban J connectivity index is 2.02. The zero-order chi connectivity index (χ0) is 19.0. The summed E-state index contributed by atoms with van der Waals surface area (Å²) in [5.41, 5.74) is 0.201. The van der Waals surface area contributed by atoms with E-state index in [9.17, 15) is 25.2 Å². The second-order valence-electron chi connectivity index (χ2n) is 6.03. The minimum absolute atomic E-state index is 0.0749. The highest BCUT2D eigenvalue weighted by atomic mass is 16.7. The van der Waals surface area contributed by atoms with E-state index in [1.807, 2.05) is 0 Å². The molecule has 1 aromatic heterocycles. The van der Waals surface area contributed by atoms with Gasteiger partial charge >= 0.3 is 5.63 Å². The van der Waals surface area contributed by atoms with Crippen LogP contribution in [-0.4, -0.2) is 64.8 Å². The van der Waals surface area contributed by atoms with E-state index in [4.69, 9.17) is 18.6 Å². The smallest absolute Gasteiger partial charge is 0.340 e. The van der Waals surface area contributed by atoms with Crippen molar-refractivity contribution in [1.82, 2.24) is 0 Å². The quantitative estimate of drug-likeness (QED) is 0.515. The monoisotopic (exact) mass is 368 g/mol. The second kappa shape index (κ2) is 7.22. The summed E-state index contributed by atoms with van der Waals surface area (Å²) in [4.78, 5) is 11.8. The lowest BCUT2D eigenvalue weighted by Gasteiger charge is -2.39. The normalized spacial score (nSPS) is 28.9. The Bertz CT molecular complexity index is 844. The zero-order valence-corrected chi connectivity index (χ0v) is 14.2. The van der Waals surface area contributed by atoms with Crippen LogP contribution >= 0.6 is 0 Å². The third-order valence-corrected chi connectivity index (χ3v) is 4.34. The Kier molecular flexibility index (Phi) is 5.17. The van der Waals surface area contributed by atoms with Crippen molar-refractivity contribution in [2.75, 3.05) is 13.7 Å². The number of hydrogen-bond donors (Lipinski definition) is 4. The minimum atomic E-state index is -1.58. The summed E-state index contributed by atoms with van der Waals surface area (Å²) in [5, 5.41) is 39.6. The van der Waals surface area contributed by atoms with Gasteiger partial charge in [-0.25, -0.2) is 4.79 Å². The van der Waals surface area contributed by atoms with Gasteiger partial charge in [-0.05, 0) is 18.6 Å². The standard InChI is InChI=1S/C17H20O9/c1-7-3-4-8(16-12(7)9(23-2)5-11(19)26-16)24-17-15(22)14(21)13(20)10(6-18)25-17/h3-5,10,13-15,17-18,20-22H,6H2,1-2H3. The molecule has 1 fully saturated rings. The molecule has 1 aliphatic heterocycles. The van der Waals surface area contributed by atoms with E-state index in [0.29, 0.717) is 11.1 Å². The summed E-state index contributed by atoms with van der Waals surface area (Å²) in [6.45, 7) is 1.21. The summed E-state index contributed by atoms with van der Waals surface area (Å²) in [5.74, 6) is 0.374. The molecule has 0 amide bonds. The lowest BCUT2D eigenvalue weighted by Crippen LogP contribution is -2.60. The van der Waals surface area contributed by atoms with Crippen molar-refractivity contribution in [2.45, 2.75) is 37.6 Å². The van der Waals surface area contributed by atoms with Crippen LogP contribution in [0.3, 0.4) is 0 Å². The molecule has 0 saturated carbocycles. The summed E-state index contributed by atoms with van der Waals surface area (Å²) in [6, 6.07) is 4.42. The highest BCUT2D eigenvalue weighted by Crippen LogP contribution is 2.35. The van der Waals surface area contributed by atoms with Gasteiger partial charge in [0.2, 0.25) is 6.29 Å². The first-order chi connectivity index (χ1) is 12.4. The molecule has 0 aliphatic carbocycles. The van der Waals surface area contributed by atoms with E-state index in [1.165, 1.54) is 19.2 Å². The van der Waals surface area contributed by atoms with Crippen LogP contribution in [0.4, 0.5) is 0 Å². The number of aliphatic hydroxyl groups is 4. The van der Waals surface area contributed by atoms with Gasteiger partial charge in [-0.3, -0.25) is 0 Å². The first-order valence-electron chi connectivity index (χ1n) is 7.96. The Labute approximate surface area is 148 Å². The molecule has 1 aromatic carbocycles. The molecule has 2 heterocycles. The lowest BCUT2D eigenvalue weighted by molar-refractivity contribution is -0.277. The number of aryl methyl sites for hydroxylation is 1. The fraction of sp³-hybridized carbons (Fsp3) is 0.471. The van der Waals surface area contributed by atoms with Crippen LogP contribution < -0.4 is 15.1 Å². The minimum Gasteiger partial charge on any atom is -0.496 e.